The zero-order valence-corrected chi connectivity index (χ0v) is 50.1. The first-order valence-corrected chi connectivity index (χ1v) is 30.1. The summed E-state index contributed by atoms with van der Waals surface area (Å²) in [6, 6.07) is 75.6. The number of aliphatic carboxylic acids is 2. The Hall–Kier alpha value is -7.33. The zero-order valence-electron chi connectivity index (χ0n) is 44.8. The number of carbonyl (C=O) groups excluding carboxylic acids is 3. The third-order valence-electron chi connectivity index (χ3n) is 11.2. The number of benzene rings is 8. The molecule has 15 nitrogen and oxygen atoms in total. The molecule has 1 amide bonds. The summed E-state index contributed by atoms with van der Waals surface area (Å²) in [6.07, 6.45) is 0. The van der Waals surface area contributed by atoms with E-state index in [0.717, 1.165) is 44.5 Å². The number of rotatable bonds is 21. The summed E-state index contributed by atoms with van der Waals surface area (Å²) in [4.78, 5) is 55.2. The number of primary amides is 1. The summed E-state index contributed by atoms with van der Waals surface area (Å²) >= 11 is 0. The Bertz CT molecular complexity index is 2820. The third kappa shape index (κ3) is 24.4. The molecule has 20 heteroatoms. The maximum Gasteiger partial charge on any atom is 1.00 e. The maximum atomic E-state index is 12.5. The van der Waals surface area contributed by atoms with Crippen LogP contribution in [-0.2, 0) is 76.8 Å². The van der Waals surface area contributed by atoms with E-state index in [1.54, 1.807) is 0 Å². The summed E-state index contributed by atoms with van der Waals surface area (Å²) < 4.78 is 54.1. The summed E-state index contributed by atoms with van der Waals surface area (Å²) in [5, 5.41) is 24.6. The second-order valence-corrected chi connectivity index (χ2v) is 23.0. The van der Waals surface area contributed by atoms with Crippen molar-refractivity contribution in [2.24, 2.45) is 5.73 Å². The van der Waals surface area contributed by atoms with Gasteiger partial charge in [0.05, 0.1) is 28.1 Å². The topological polar surface area (TPSA) is 262 Å². The summed E-state index contributed by atoms with van der Waals surface area (Å²) in [6.45, 7) is -0.181. The third-order valence-corrected chi connectivity index (χ3v) is 17.6. The standard InChI is InChI=1S/C16H16O3S.C15H15NO2S.2C15H14O3S.CH2O3.Na/c1-19-15(17)12-20(18)16(13-8-4-2-5-9-13)14-10-6-3-7-11-14;3*16-14(17)11-19(18)15(12-7-3-1-4-8-12)13-9-5-2-6-10-13;2-1-4-3;/h2-11,16H,12H2,1H3;1-10,15H,11H2,(H2,16,17);2*1-10,15H,11H2,(H,16,17);1,3H;/q;;;;;+1/p-1. The largest absolute Gasteiger partial charge is 1.00 e. The fourth-order valence-corrected chi connectivity index (χ4v) is 13.4. The zero-order chi connectivity index (χ0) is 58.8. The van der Waals surface area contributed by atoms with Crippen molar-refractivity contribution in [2.75, 3.05) is 30.1 Å². The van der Waals surface area contributed by atoms with E-state index >= 15 is 0 Å². The fourth-order valence-electron chi connectivity index (χ4n) is 7.90. The molecule has 0 saturated carbocycles. The van der Waals surface area contributed by atoms with Gasteiger partial charge in [0.1, 0.15) is 23.0 Å². The van der Waals surface area contributed by atoms with E-state index in [9.17, 15) is 36.0 Å². The van der Waals surface area contributed by atoms with Gasteiger partial charge in [0.25, 0.3) is 6.47 Å². The smallest absolute Gasteiger partial charge is 0.662 e. The molecule has 82 heavy (non-hydrogen) atoms. The van der Waals surface area contributed by atoms with Gasteiger partial charge in [-0.15, -0.1) is 0 Å². The molecule has 0 aliphatic carbocycles. The van der Waals surface area contributed by atoms with Crippen molar-refractivity contribution in [1.82, 2.24) is 0 Å². The Morgan fingerprint density at radius 2 is 0.573 bits per heavy atom. The predicted molar refractivity (Wildman–Crippen MR) is 315 cm³/mol. The van der Waals surface area contributed by atoms with Gasteiger partial charge in [-0.25, -0.2) is 0 Å². The average Bonchev–Trinajstić information content (AvgIpc) is 3.55. The van der Waals surface area contributed by atoms with E-state index in [4.69, 9.17) is 26.0 Å². The van der Waals surface area contributed by atoms with Crippen molar-refractivity contribution in [3.63, 3.8) is 0 Å². The number of carboxylic acids is 2. The van der Waals surface area contributed by atoms with Gasteiger partial charge in [-0.2, -0.15) is 0 Å². The Morgan fingerprint density at radius 1 is 0.402 bits per heavy atom. The van der Waals surface area contributed by atoms with E-state index in [0.29, 0.717) is 0 Å². The van der Waals surface area contributed by atoms with Gasteiger partial charge in [0.15, 0.2) is 0 Å². The monoisotopic (exact) mass is 1190 g/mol. The van der Waals surface area contributed by atoms with Gasteiger partial charge < -0.3 is 30.8 Å². The SMILES string of the molecule is COC(=O)CS(=O)C(c1ccccc1)c1ccccc1.NC(=O)CS(=O)C(c1ccccc1)c1ccccc1.O=C(O)CS(=O)C(c1ccccc1)c1ccccc1.O=C(O)CS(=O)C(c1ccccc1)c1ccccc1.O=CO[O-].[Na+]. The fraction of sp³-hybridized carbons (Fsp3) is 0.145. The van der Waals surface area contributed by atoms with Crippen LogP contribution < -0.4 is 40.5 Å². The Morgan fingerprint density at radius 3 is 0.720 bits per heavy atom. The molecule has 4 atom stereocenters. The first-order valence-electron chi connectivity index (χ1n) is 24.6. The van der Waals surface area contributed by atoms with Crippen LogP contribution in [0.25, 0.3) is 0 Å². The molecule has 0 radical (unpaired) electrons. The van der Waals surface area contributed by atoms with Gasteiger partial charge >= 0.3 is 47.5 Å². The van der Waals surface area contributed by atoms with E-state index in [1.165, 1.54) is 7.11 Å². The van der Waals surface area contributed by atoms with E-state index in [2.05, 4.69) is 9.62 Å². The van der Waals surface area contributed by atoms with Gasteiger partial charge in [-0.05, 0) is 44.5 Å². The van der Waals surface area contributed by atoms with Crippen molar-refractivity contribution in [1.29, 1.82) is 0 Å². The van der Waals surface area contributed by atoms with Crippen LogP contribution in [0.4, 0.5) is 0 Å². The number of amides is 1. The number of nitrogens with two attached hydrogens (primary N) is 1. The van der Waals surface area contributed by atoms with Crippen LogP contribution >= 0.6 is 0 Å². The second-order valence-electron chi connectivity index (χ2n) is 16.9. The summed E-state index contributed by atoms with van der Waals surface area (Å²) in [5.74, 6) is -4.04. The molecule has 4 N–H and O–H groups in total. The van der Waals surface area contributed by atoms with Crippen LogP contribution in [0.5, 0.6) is 0 Å². The summed E-state index contributed by atoms with van der Waals surface area (Å²) in [7, 11) is -4.40. The minimum Gasteiger partial charge on any atom is -0.662 e. The number of methoxy groups -OCH3 is 1. The molecule has 8 aromatic rings. The summed E-state index contributed by atoms with van der Waals surface area (Å²) in [5.41, 5.74) is 12.3. The molecule has 422 valence electrons. The Labute approximate surface area is 509 Å². The van der Waals surface area contributed by atoms with E-state index < -0.39 is 77.5 Å². The van der Waals surface area contributed by atoms with Gasteiger partial charge in [0.2, 0.25) is 5.91 Å². The first-order chi connectivity index (χ1) is 39.2. The number of carbonyl (C=O) groups is 5. The van der Waals surface area contributed by atoms with E-state index in [1.807, 2.05) is 243 Å². The molecular formula is C62H60NNaO14S4. The Kier molecular flexibility index (Phi) is 32.9. The molecule has 8 rings (SSSR count). The second kappa shape index (κ2) is 39.2. The minimum atomic E-state index is -1.49. The van der Waals surface area contributed by atoms with Gasteiger partial charge in [0, 0.05) is 43.2 Å². The maximum absolute atomic E-state index is 12.5. The van der Waals surface area contributed by atoms with Crippen molar-refractivity contribution < 1.29 is 95.5 Å². The molecule has 0 fully saturated rings. The van der Waals surface area contributed by atoms with Crippen molar-refractivity contribution >= 4 is 73.5 Å². The molecule has 0 spiro atoms. The van der Waals surface area contributed by atoms with Crippen molar-refractivity contribution in [3.05, 3.63) is 287 Å². The number of carboxylic acid groups (broad SMARTS) is 2. The molecule has 0 bridgehead atoms. The van der Waals surface area contributed by atoms with Crippen LogP contribution in [0.15, 0.2) is 243 Å². The van der Waals surface area contributed by atoms with Crippen LogP contribution in [0.2, 0.25) is 0 Å². The van der Waals surface area contributed by atoms with Crippen LogP contribution in [-0.4, -0.2) is 87.5 Å². The molecule has 0 aliphatic rings. The number of esters is 1. The normalized spacial score (nSPS) is 11.7. The molecule has 0 aliphatic heterocycles. The number of hydrogen-bond donors (Lipinski definition) is 3. The molecule has 4 unspecified atom stereocenters. The quantitative estimate of drug-likeness (QED) is 0.0269. The van der Waals surface area contributed by atoms with Gasteiger partial charge in [-0.3, -0.25) is 40.8 Å². The molecule has 8 aromatic carbocycles. The Balaban J connectivity index is 0.000000279. The van der Waals surface area contributed by atoms with Crippen LogP contribution in [0.3, 0.4) is 0 Å². The molecule has 0 heterocycles. The number of hydrogen-bond acceptors (Lipinski definition) is 12. The first kappa shape index (κ1) is 68.9. The molecule has 0 aromatic heterocycles. The van der Waals surface area contributed by atoms with Gasteiger partial charge in [-0.1, -0.05) is 243 Å². The van der Waals surface area contributed by atoms with Crippen LogP contribution in [0.1, 0.15) is 65.5 Å². The molecule has 0 saturated heterocycles. The predicted octanol–water partition coefficient (Wildman–Crippen LogP) is 5.37. The van der Waals surface area contributed by atoms with Crippen molar-refractivity contribution in [2.45, 2.75) is 21.0 Å². The van der Waals surface area contributed by atoms with Crippen LogP contribution in [0, 0.1) is 0 Å². The number of ether oxygens (including phenoxy) is 1. The van der Waals surface area contributed by atoms with E-state index in [-0.39, 0.29) is 69.5 Å². The van der Waals surface area contributed by atoms with Crippen molar-refractivity contribution in [3.8, 4) is 0 Å². The molecular weight excluding hydrogens is 1130 g/mol. The minimum absolute atomic E-state index is 0. The average molecular weight is 1190 g/mol.